The molecule has 2 N–H and O–H groups in total. The second-order valence-corrected chi connectivity index (χ2v) is 5.85. The van der Waals surface area contributed by atoms with Crippen LogP contribution in [0.3, 0.4) is 0 Å². The number of benzene rings is 2. The SMILES string of the molecule is NC(=S)c1ccccc1Cn1ccnc1Cc1ccc(F)cc1F. The van der Waals surface area contributed by atoms with Crippen LogP contribution in [0, 0.1) is 11.6 Å². The van der Waals surface area contributed by atoms with E-state index in [1.165, 1.54) is 12.1 Å². The lowest BCUT2D eigenvalue weighted by atomic mass is 10.1. The molecule has 3 rings (SSSR count). The Labute approximate surface area is 143 Å². The third-order valence-electron chi connectivity index (χ3n) is 3.79. The fraction of sp³-hybridized carbons (Fsp3) is 0.111. The van der Waals surface area contributed by atoms with Gasteiger partial charge in [-0.05, 0) is 17.2 Å². The highest BCUT2D eigenvalue weighted by atomic mass is 32.1. The van der Waals surface area contributed by atoms with Gasteiger partial charge in [0.25, 0.3) is 0 Å². The molecule has 122 valence electrons. The zero-order valence-electron chi connectivity index (χ0n) is 12.7. The Kier molecular flexibility index (Phi) is 4.66. The van der Waals surface area contributed by atoms with E-state index in [2.05, 4.69) is 4.98 Å². The largest absolute Gasteiger partial charge is 0.389 e. The number of rotatable bonds is 5. The van der Waals surface area contributed by atoms with Crippen molar-refractivity contribution in [3.63, 3.8) is 0 Å². The summed E-state index contributed by atoms with van der Waals surface area (Å²) in [6.45, 7) is 0.520. The molecule has 0 atom stereocenters. The molecule has 0 amide bonds. The maximum Gasteiger partial charge on any atom is 0.129 e. The van der Waals surface area contributed by atoms with Crippen LogP contribution in [0.25, 0.3) is 0 Å². The maximum atomic E-state index is 13.9. The summed E-state index contributed by atoms with van der Waals surface area (Å²) in [5, 5.41) is 0. The molecule has 0 aliphatic heterocycles. The van der Waals surface area contributed by atoms with E-state index in [9.17, 15) is 8.78 Å². The molecule has 1 heterocycles. The van der Waals surface area contributed by atoms with Crippen molar-refractivity contribution in [1.29, 1.82) is 0 Å². The van der Waals surface area contributed by atoms with Gasteiger partial charge in [0.1, 0.15) is 22.4 Å². The predicted octanol–water partition coefficient (Wildman–Crippen LogP) is 3.43. The highest BCUT2D eigenvalue weighted by Gasteiger charge is 2.11. The number of hydrogen-bond acceptors (Lipinski definition) is 2. The van der Waals surface area contributed by atoms with Crippen molar-refractivity contribution < 1.29 is 8.78 Å². The van der Waals surface area contributed by atoms with Crippen molar-refractivity contribution in [2.24, 2.45) is 5.73 Å². The maximum absolute atomic E-state index is 13.9. The lowest BCUT2D eigenvalue weighted by Crippen LogP contribution is -2.14. The van der Waals surface area contributed by atoms with Gasteiger partial charge in [0.15, 0.2) is 0 Å². The van der Waals surface area contributed by atoms with E-state index in [-0.39, 0.29) is 6.42 Å². The Balaban J connectivity index is 1.87. The number of halogens is 2. The first kappa shape index (κ1) is 16.3. The molecule has 0 radical (unpaired) electrons. The zero-order chi connectivity index (χ0) is 17.1. The summed E-state index contributed by atoms with van der Waals surface area (Å²) in [5.74, 6) is -0.490. The van der Waals surface area contributed by atoms with E-state index < -0.39 is 11.6 Å². The molecule has 0 bridgehead atoms. The number of imidazole rings is 1. The third kappa shape index (κ3) is 3.49. The van der Waals surface area contributed by atoms with Crippen LogP contribution in [0.5, 0.6) is 0 Å². The van der Waals surface area contributed by atoms with Gasteiger partial charge in [-0.3, -0.25) is 0 Å². The van der Waals surface area contributed by atoms with Crippen molar-refractivity contribution in [1.82, 2.24) is 9.55 Å². The normalized spacial score (nSPS) is 10.8. The van der Waals surface area contributed by atoms with Crippen LogP contribution in [0.1, 0.15) is 22.5 Å². The topological polar surface area (TPSA) is 43.8 Å². The Morgan fingerprint density at radius 3 is 2.67 bits per heavy atom. The minimum atomic E-state index is -0.593. The summed E-state index contributed by atoms with van der Waals surface area (Å²) in [4.78, 5) is 4.61. The van der Waals surface area contributed by atoms with Gasteiger partial charge in [0.2, 0.25) is 0 Å². The molecule has 0 saturated carbocycles. The van der Waals surface area contributed by atoms with E-state index in [0.29, 0.717) is 22.9 Å². The molecule has 3 aromatic rings. The molecule has 24 heavy (non-hydrogen) atoms. The van der Waals surface area contributed by atoms with Crippen LogP contribution in [-0.2, 0) is 13.0 Å². The summed E-state index contributed by atoms with van der Waals surface area (Å²) in [7, 11) is 0. The molecule has 0 saturated heterocycles. The van der Waals surface area contributed by atoms with Crippen molar-refractivity contribution in [3.8, 4) is 0 Å². The van der Waals surface area contributed by atoms with Gasteiger partial charge in [-0.2, -0.15) is 0 Å². The van der Waals surface area contributed by atoms with Crippen LogP contribution >= 0.6 is 12.2 Å². The number of nitrogens with zero attached hydrogens (tertiary/aromatic N) is 2. The summed E-state index contributed by atoms with van der Waals surface area (Å²) in [6.07, 6.45) is 3.74. The van der Waals surface area contributed by atoms with Gasteiger partial charge < -0.3 is 10.3 Å². The molecule has 1 aromatic heterocycles. The van der Waals surface area contributed by atoms with Gasteiger partial charge in [-0.25, -0.2) is 13.8 Å². The van der Waals surface area contributed by atoms with Crippen molar-refractivity contribution >= 4 is 17.2 Å². The summed E-state index contributed by atoms with van der Waals surface area (Å²) in [5.41, 5.74) is 7.92. The van der Waals surface area contributed by atoms with E-state index in [1.807, 2.05) is 35.0 Å². The van der Waals surface area contributed by atoms with Crippen molar-refractivity contribution in [2.75, 3.05) is 0 Å². The van der Waals surface area contributed by atoms with Gasteiger partial charge >= 0.3 is 0 Å². The van der Waals surface area contributed by atoms with Crippen LogP contribution in [0.4, 0.5) is 8.78 Å². The van der Waals surface area contributed by atoms with Crippen LogP contribution in [0.2, 0.25) is 0 Å². The molecule has 0 fully saturated rings. The van der Waals surface area contributed by atoms with Gasteiger partial charge in [0, 0.05) is 37.0 Å². The van der Waals surface area contributed by atoms with Crippen molar-refractivity contribution in [3.05, 3.63) is 89.0 Å². The standard InChI is InChI=1S/C18H15F2N3S/c19-14-6-5-12(16(20)10-14)9-17-22-7-8-23(17)11-13-3-1-2-4-15(13)18(21)24/h1-8,10H,9,11H2,(H2,21,24). The van der Waals surface area contributed by atoms with Crippen LogP contribution in [-0.4, -0.2) is 14.5 Å². The van der Waals surface area contributed by atoms with Crippen molar-refractivity contribution in [2.45, 2.75) is 13.0 Å². The molecule has 6 heteroatoms. The highest BCUT2D eigenvalue weighted by molar-refractivity contribution is 7.80. The number of hydrogen-bond donors (Lipinski definition) is 1. The molecule has 0 spiro atoms. The van der Waals surface area contributed by atoms with Crippen LogP contribution in [0.15, 0.2) is 54.9 Å². The second kappa shape index (κ2) is 6.88. The average molecular weight is 343 g/mol. The fourth-order valence-electron chi connectivity index (χ4n) is 2.57. The van der Waals surface area contributed by atoms with Gasteiger partial charge in [-0.15, -0.1) is 0 Å². The lowest BCUT2D eigenvalue weighted by Gasteiger charge is -2.12. The Morgan fingerprint density at radius 2 is 1.92 bits per heavy atom. The number of nitrogens with two attached hydrogens (primary N) is 1. The van der Waals surface area contributed by atoms with Gasteiger partial charge in [0.05, 0.1) is 0 Å². The quantitative estimate of drug-likeness (QED) is 0.722. The number of thiocarbonyl (C=S) groups is 1. The highest BCUT2D eigenvalue weighted by Crippen LogP contribution is 2.16. The molecule has 0 aliphatic rings. The molecular formula is C18H15F2N3S. The third-order valence-corrected chi connectivity index (χ3v) is 4.01. The first-order valence-electron chi connectivity index (χ1n) is 7.36. The summed E-state index contributed by atoms with van der Waals surface area (Å²) >= 11 is 5.08. The molecular weight excluding hydrogens is 328 g/mol. The first-order valence-corrected chi connectivity index (χ1v) is 7.77. The summed E-state index contributed by atoms with van der Waals surface area (Å²) in [6, 6.07) is 11.2. The lowest BCUT2D eigenvalue weighted by molar-refractivity contribution is 0.572. The first-order chi connectivity index (χ1) is 11.5. The number of aromatic nitrogens is 2. The minimum absolute atomic E-state index is 0.272. The van der Waals surface area contributed by atoms with E-state index in [1.54, 1.807) is 6.20 Å². The smallest absolute Gasteiger partial charge is 0.129 e. The Morgan fingerprint density at radius 1 is 1.12 bits per heavy atom. The fourth-order valence-corrected chi connectivity index (χ4v) is 2.77. The van der Waals surface area contributed by atoms with Gasteiger partial charge in [-0.1, -0.05) is 42.5 Å². The molecule has 2 aromatic carbocycles. The predicted molar refractivity (Wildman–Crippen MR) is 92.8 cm³/mol. The zero-order valence-corrected chi connectivity index (χ0v) is 13.6. The van der Waals surface area contributed by atoms with E-state index >= 15 is 0 Å². The van der Waals surface area contributed by atoms with E-state index in [4.69, 9.17) is 18.0 Å². The molecule has 0 aliphatic carbocycles. The molecule has 0 unspecified atom stereocenters. The molecule has 3 nitrogen and oxygen atoms in total. The minimum Gasteiger partial charge on any atom is -0.389 e. The van der Waals surface area contributed by atoms with Crippen LogP contribution < -0.4 is 5.73 Å². The summed E-state index contributed by atoms with van der Waals surface area (Å²) < 4.78 is 28.8. The second-order valence-electron chi connectivity index (χ2n) is 5.41. The Bertz CT molecular complexity index is 889. The average Bonchev–Trinajstić information content (AvgIpc) is 2.97. The van der Waals surface area contributed by atoms with E-state index in [0.717, 1.165) is 17.2 Å². The monoisotopic (exact) mass is 343 g/mol. The Hall–Kier alpha value is -2.60.